The van der Waals surface area contributed by atoms with Gasteiger partial charge in [0.05, 0.1) is 18.7 Å². The Morgan fingerprint density at radius 3 is 2.56 bits per heavy atom. The highest BCUT2D eigenvalue weighted by Crippen LogP contribution is 2.12. The molecule has 0 aliphatic heterocycles. The van der Waals surface area contributed by atoms with Crippen LogP contribution in [0.15, 0.2) is 57.3 Å². The summed E-state index contributed by atoms with van der Waals surface area (Å²) in [6, 6.07) is 10.5. The van der Waals surface area contributed by atoms with Crippen LogP contribution in [0.25, 0.3) is 0 Å². The van der Waals surface area contributed by atoms with Crippen LogP contribution in [-0.2, 0) is 0 Å². The Hall–Kier alpha value is -2.36. The summed E-state index contributed by atoms with van der Waals surface area (Å²) in [5.74, 6) is 0.814. The third kappa shape index (κ3) is 2.57. The summed E-state index contributed by atoms with van der Waals surface area (Å²) in [7, 11) is 0. The van der Waals surface area contributed by atoms with E-state index in [0.29, 0.717) is 11.3 Å². The van der Waals surface area contributed by atoms with Crippen LogP contribution in [0.5, 0.6) is 5.75 Å². The lowest BCUT2D eigenvalue weighted by Gasteiger charge is -1.94. The highest BCUT2D eigenvalue weighted by atomic mass is 16.3. The van der Waals surface area contributed by atoms with Crippen LogP contribution in [0, 0.1) is 0 Å². The van der Waals surface area contributed by atoms with Crippen molar-refractivity contribution in [1.29, 1.82) is 0 Å². The van der Waals surface area contributed by atoms with Crippen molar-refractivity contribution in [3.8, 4) is 5.75 Å². The Balaban J connectivity index is 2.03. The van der Waals surface area contributed by atoms with Gasteiger partial charge in [-0.3, -0.25) is 0 Å². The minimum atomic E-state index is 0.180. The monoisotopic (exact) mass is 214 g/mol. The largest absolute Gasteiger partial charge is 0.507 e. The summed E-state index contributed by atoms with van der Waals surface area (Å²) >= 11 is 0. The summed E-state index contributed by atoms with van der Waals surface area (Å²) in [6.07, 6.45) is 4.54. The number of para-hydroxylation sites is 1. The summed E-state index contributed by atoms with van der Waals surface area (Å²) in [5, 5.41) is 17.0. The highest BCUT2D eigenvalue weighted by molar-refractivity contribution is 5.84. The molecule has 16 heavy (non-hydrogen) atoms. The van der Waals surface area contributed by atoms with Crippen LogP contribution in [0.1, 0.15) is 11.3 Å². The number of rotatable bonds is 3. The lowest BCUT2D eigenvalue weighted by atomic mass is 10.2. The molecule has 80 valence electrons. The molecule has 0 atom stereocenters. The SMILES string of the molecule is Oc1ccccc1/C=N/N=C/c1ccco1. The van der Waals surface area contributed by atoms with Gasteiger partial charge in [0, 0.05) is 5.56 Å². The van der Waals surface area contributed by atoms with Gasteiger partial charge in [-0.1, -0.05) is 12.1 Å². The molecule has 1 heterocycles. The third-order valence-corrected chi connectivity index (χ3v) is 1.93. The van der Waals surface area contributed by atoms with E-state index in [1.165, 1.54) is 12.4 Å². The predicted octanol–water partition coefficient (Wildman–Crippen LogP) is 2.44. The second-order valence-electron chi connectivity index (χ2n) is 3.06. The number of hydrogen-bond acceptors (Lipinski definition) is 4. The van der Waals surface area contributed by atoms with E-state index in [1.807, 2.05) is 6.07 Å². The van der Waals surface area contributed by atoms with E-state index in [9.17, 15) is 5.11 Å². The molecule has 0 aliphatic rings. The van der Waals surface area contributed by atoms with Gasteiger partial charge in [0.15, 0.2) is 0 Å². The molecule has 0 saturated heterocycles. The van der Waals surface area contributed by atoms with Crippen LogP contribution < -0.4 is 0 Å². The minimum absolute atomic E-state index is 0.180. The van der Waals surface area contributed by atoms with Gasteiger partial charge in [-0.15, -0.1) is 0 Å². The average Bonchev–Trinajstić information content (AvgIpc) is 2.79. The average molecular weight is 214 g/mol. The van der Waals surface area contributed by atoms with Crippen LogP contribution in [-0.4, -0.2) is 17.5 Å². The number of phenolic OH excluding ortho intramolecular Hbond substituents is 1. The number of nitrogens with zero attached hydrogens (tertiary/aromatic N) is 2. The first-order valence-corrected chi connectivity index (χ1v) is 4.74. The Morgan fingerprint density at radius 1 is 1.00 bits per heavy atom. The van der Waals surface area contributed by atoms with Crippen LogP contribution in [0.3, 0.4) is 0 Å². The summed E-state index contributed by atoms with van der Waals surface area (Å²) in [5.41, 5.74) is 0.624. The van der Waals surface area contributed by atoms with Gasteiger partial charge in [0.2, 0.25) is 0 Å². The van der Waals surface area contributed by atoms with E-state index in [4.69, 9.17) is 4.42 Å². The molecule has 0 saturated carbocycles. The van der Waals surface area contributed by atoms with Crippen molar-refractivity contribution in [2.24, 2.45) is 10.2 Å². The fourth-order valence-corrected chi connectivity index (χ4v) is 1.15. The molecular formula is C12H10N2O2. The third-order valence-electron chi connectivity index (χ3n) is 1.93. The number of phenols is 1. The van der Waals surface area contributed by atoms with Crippen molar-refractivity contribution in [1.82, 2.24) is 0 Å². The molecule has 0 bridgehead atoms. The topological polar surface area (TPSA) is 58.1 Å². The summed E-state index contributed by atoms with van der Waals surface area (Å²) in [6.45, 7) is 0. The molecular weight excluding hydrogens is 204 g/mol. The van der Waals surface area contributed by atoms with Gasteiger partial charge >= 0.3 is 0 Å². The summed E-state index contributed by atoms with van der Waals surface area (Å²) in [4.78, 5) is 0. The maximum Gasteiger partial charge on any atom is 0.146 e. The van der Waals surface area contributed by atoms with Crippen molar-refractivity contribution >= 4 is 12.4 Å². The second-order valence-corrected chi connectivity index (χ2v) is 3.06. The molecule has 2 aromatic rings. The number of hydrogen-bond donors (Lipinski definition) is 1. The van der Waals surface area contributed by atoms with Crippen molar-refractivity contribution in [2.75, 3.05) is 0 Å². The van der Waals surface area contributed by atoms with Crippen molar-refractivity contribution in [2.45, 2.75) is 0 Å². The van der Waals surface area contributed by atoms with E-state index in [-0.39, 0.29) is 5.75 Å². The standard InChI is InChI=1S/C12H10N2O2/c15-12-6-2-1-4-10(12)8-13-14-9-11-5-3-7-16-11/h1-9,15H/b13-8+,14-9+. The molecule has 0 fully saturated rings. The number of benzene rings is 1. The zero-order chi connectivity index (χ0) is 11.2. The van der Waals surface area contributed by atoms with Gasteiger partial charge < -0.3 is 9.52 Å². The molecule has 1 N–H and O–H groups in total. The van der Waals surface area contributed by atoms with Gasteiger partial charge in [0.1, 0.15) is 11.5 Å². The zero-order valence-corrected chi connectivity index (χ0v) is 8.45. The maximum absolute atomic E-state index is 9.43. The molecule has 2 rings (SSSR count). The Labute approximate surface area is 92.6 Å². The highest BCUT2D eigenvalue weighted by Gasteiger charge is 1.93. The van der Waals surface area contributed by atoms with Crippen LogP contribution >= 0.6 is 0 Å². The Morgan fingerprint density at radius 2 is 1.81 bits per heavy atom. The van der Waals surface area contributed by atoms with Gasteiger partial charge in [-0.2, -0.15) is 10.2 Å². The molecule has 1 aromatic heterocycles. The molecule has 0 spiro atoms. The minimum Gasteiger partial charge on any atom is -0.507 e. The Kier molecular flexibility index (Phi) is 3.13. The molecule has 0 aliphatic carbocycles. The maximum atomic E-state index is 9.43. The van der Waals surface area contributed by atoms with Crippen molar-refractivity contribution in [3.63, 3.8) is 0 Å². The molecule has 4 heteroatoms. The quantitative estimate of drug-likeness (QED) is 0.630. The normalized spacial score (nSPS) is 11.5. The number of aromatic hydroxyl groups is 1. The first-order chi connectivity index (χ1) is 7.86. The molecule has 0 radical (unpaired) electrons. The van der Waals surface area contributed by atoms with E-state index >= 15 is 0 Å². The molecule has 4 nitrogen and oxygen atoms in total. The Bertz CT molecular complexity index is 501. The van der Waals surface area contributed by atoms with Crippen molar-refractivity contribution in [3.05, 3.63) is 54.0 Å². The van der Waals surface area contributed by atoms with Crippen LogP contribution in [0.4, 0.5) is 0 Å². The van der Waals surface area contributed by atoms with Gasteiger partial charge in [-0.25, -0.2) is 0 Å². The first kappa shape index (κ1) is 10.2. The lowest BCUT2D eigenvalue weighted by Crippen LogP contribution is -1.80. The van der Waals surface area contributed by atoms with E-state index < -0.39 is 0 Å². The predicted molar refractivity (Wildman–Crippen MR) is 62.0 cm³/mol. The lowest BCUT2D eigenvalue weighted by molar-refractivity contribution is 0.474. The van der Waals surface area contributed by atoms with E-state index in [1.54, 1.807) is 36.6 Å². The fraction of sp³-hybridized carbons (Fsp3) is 0. The zero-order valence-electron chi connectivity index (χ0n) is 8.45. The van der Waals surface area contributed by atoms with Gasteiger partial charge in [0.25, 0.3) is 0 Å². The molecule has 0 unspecified atom stereocenters. The van der Waals surface area contributed by atoms with E-state index in [2.05, 4.69) is 10.2 Å². The van der Waals surface area contributed by atoms with Crippen LogP contribution in [0.2, 0.25) is 0 Å². The fourth-order valence-electron chi connectivity index (χ4n) is 1.15. The molecule has 0 amide bonds. The summed E-state index contributed by atoms with van der Waals surface area (Å²) < 4.78 is 5.04. The van der Waals surface area contributed by atoms with Gasteiger partial charge in [-0.05, 0) is 24.3 Å². The van der Waals surface area contributed by atoms with Crippen molar-refractivity contribution < 1.29 is 9.52 Å². The second kappa shape index (κ2) is 4.93. The smallest absolute Gasteiger partial charge is 0.146 e. The first-order valence-electron chi connectivity index (χ1n) is 4.74. The number of furan rings is 1. The van der Waals surface area contributed by atoms with E-state index in [0.717, 1.165) is 0 Å². The molecule has 1 aromatic carbocycles.